The number of hydrogen-bond acceptors (Lipinski definition) is 2. The van der Waals surface area contributed by atoms with E-state index in [9.17, 15) is 0 Å². The smallest absolute Gasteiger partial charge is 0.0690 e. The van der Waals surface area contributed by atoms with Crippen molar-refractivity contribution in [3.8, 4) is 11.1 Å². The first kappa shape index (κ1) is 32.5. The molecule has 0 bridgehead atoms. The predicted octanol–water partition coefficient (Wildman–Crippen LogP) is 13.3. The number of benzene rings is 6. The van der Waals surface area contributed by atoms with Gasteiger partial charge in [-0.1, -0.05) is 134 Å². The maximum atomic E-state index is 2.60. The lowest BCUT2D eigenvalue weighted by atomic mass is 9.67. The molecule has 0 saturated heterocycles. The Morgan fingerprint density at radius 2 is 1.20 bits per heavy atom. The van der Waals surface area contributed by atoms with Crippen molar-refractivity contribution < 1.29 is 0 Å². The summed E-state index contributed by atoms with van der Waals surface area (Å²) in [6.07, 6.45) is 11.8. The SMILES string of the molecule is CC1=CC(N(c2ccccc2)C2C=CC3=C(C2)C2(c4cc(N(c5ccccc5)c5cccc(C)c5)ccc43)c3ccccc3-c3ccccc32)=CCC1C. The highest BCUT2D eigenvalue weighted by atomic mass is 15.2. The van der Waals surface area contributed by atoms with E-state index >= 15 is 0 Å². The Bertz CT molecular complexity index is 2510. The molecule has 4 aliphatic rings. The van der Waals surface area contributed by atoms with E-state index in [-0.39, 0.29) is 6.04 Å². The molecule has 262 valence electrons. The van der Waals surface area contributed by atoms with Crippen LogP contribution in [0.3, 0.4) is 0 Å². The normalized spacial score (nSPS) is 18.7. The first-order chi connectivity index (χ1) is 26.5. The summed E-state index contributed by atoms with van der Waals surface area (Å²) in [5.41, 5.74) is 19.3. The Morgan fingerprint density at radius 3 is 1.89 bits per heavy atom. The van der Waals surface area contributed by atoms with Crippen LogP contribution in [0, 0.1) is 12.8 Å². The van der Waals surface area contributed by atoms with Crippen molar-refractivity contribution in [2.45, 2.75) is 45.1 Å². The molecule has 2 unspecified atom stereocenters. The monoisotopic (exact) mass is 696 g/mol. The topological polar surface area (TPSA) is 6.48 Å². The van der Waals surface area contributed by atoms with Gasteiger partial charge in [-0.3, -0.25) is 0 Å². The second-order valence-corrected chi connectivity index (χ2v) is 15.5. The maximum absolute atomic E-state index is 2.60. The summed E-state index contributed by atoms with van der Waals surface area (Å²) in [6.45, 7) is 6.81. The molecule has 1 spiro atoms. The molecule has 0 N–H and O–H groups in total. The third-order valence-corrected chi connectivity index (χ3v) is 12.3. The number of aryl methyl sites for hydroxylation is 1. The fourth-order valence-electron chi connectivity index (χ4n) is 9.71. The fraction of sp³-hybridized carbons (Fsp3) is 0.154. The molecule has 0 radical (unpaired) electrons. The van der Waals surface area contributed by atoms with Crippen molar-refractivity contribution >= 4 is 28.3 Å². The van der Waals surface area contributed by atoms with E-state index < -0.39 is 5.41 Å². The third-order valence-electron chi connectivity index (χ3n) is 12.3. The van der Waals surface area contributed by atoms with Crippen LogP contribution >= 0.6 is 0 Å². The van der Waals surface area contributed by atoms with Crippen LogP contribution < -0.4 is 9.80 Å². The van der Waals surface area contributed by atoms with E-state index in [1.54, 1.807) is 0 Å². The highest BCUT2D eigenvalue weighted by Crippen LogP contribution is 2.64. The van der Waals surface area contributed by atoms with Crippen LogP contribution in [0.1, 0.15) is 54.5 Å². The van der Waals surface area contributed by atoms with Crippen LogP contribution in [0.5, 0.6) is 0 Å². The zero-order valence-corrected chi connectivity index (χ0v) is 31.2. The van der Waals surface area contributed by atoms with Gasteiger partial charge in [-0.05, 0) is 137 Å². The molecular weight excluding hydrogens is 653 g/mol. The summed E-state index contributed by atoms with van der Waals surface area (Å²) >= 11 is 0. The quantitative estimate of drug-likeness (QED) is 0.171. The Morgan fingerprint density at radius 1 is 0.574 bits per heavy atom. The lowest BCUT2D eigenvalue weighted by Crippen LogP contribution is -2.38. The van der Waals surface area contributed by atoms with Gasteiger partial charge in [0.1, 0.15) is 0 Å². The maximum Gasteiger partial charge on any atom is 0.0690 e. The van der Waals surface area contributed by atoms with E-state index in [1.165, 1.54) is 72.7 Å². The molecule has 2 heteroatoms. The number of anilines is 4. The average molecular weight is 697 g/mol. The summed E-state index contributed by atoms with van der Waals surface area (Å²) in [4.78, 5) is 5.02. The molecule has 6 aromatic carbocycles. The Hall–Kier alpha value is -6.12. The summed E-state index contributed by atoms with van der Waals surface area (Å²) in [5, 5.41) is 0. The standard InChI is InChI=1S/C52H44N2/c1-35-15-14-20-40(31-35)53(38-16-6-4-7-17-38)42-27-29-46-47-30-28-43(54(39-18-8-5-9-19-39)41-26-25-36(2)37(3)32-41)34-51(47)52(50(46)33-42)48-23-12-10-21-44(48)45-22-11-13-24-49(45)52/h4-24,26-33,36,43H,25,34H2,1-3H3. The summed E-state index contributed by atoms with van der Waals surface area (Å²) in [6, 6.07) is 56.5. The average Bonchev–Trinajstić information content (AvgIpc) is 3.67. The van der Waals surface area contributed by atoms with E-state index in [4.69, 9.17) is 0 Å². The molecule has 0 heterocycles. The van der Waals surface area contributed by atoms with Crippen molar-refractivity contribution in [2.75, 3.05) is 9.80 Å². The van der Waals surface area contributed by atoms with Crippen LogP contribution in [-0.2, 0) is 5.41 Å². The summed E-state index contributed by atoms with van der Waals surface area (Å²) in [5.74, 6) is 0.561. The van der Waals surface area contributed by atoms with Gasteiger partial charge in [0.25, 0.3) is 0 Å². The van der Waals surface area contributed by atoms with Gasteiger partial charge in [0.2, 0.25) is 0 Å². The zero-order valence-electron chi connectivity index (χ0n) is 31.2. The predicted molar refractivity (Wildman–Crippen MR) is 227 cm³/mol. The van der Waals surface area contributed by atoms with Gasteiger partial charge in [0.15, 0.2) is 0 Å². The van der Waals surface area contributed by atoms with E-state index in [0.29, 0.717) is 5.92 Å². The first-order valence-corrected chi connectivity index (χ1v) is 19.4. The van der Waals surface area contributed by atoms with Gasteiger partial charge in [-0.15, -0.1) is 0 Å². The van der Waals surface area contributed by atoms with Gasteiger partial charge in [-0.2, -0.15) is 0 Å². The minimum Gasteiger partial charge on any atom is -0.335 e. The van der Waals surface area contributed by atoms with E-state index in [0.717, 1.165) is 24.2 Å². The Labute approximate surface area is 319 Å². The molecule has 6 aromatic rings. The van der Waals surface area contributed by atoms with Crippen LogP contribution in [0.25, 0.3) is 16.7 Å². The van der Waals surface area contributed by atoms with Crippen molar-refractivity contribution in [2.24, 2.45) is 5.92 Å². The van der Waals surface area contributed by atoms with Crippen LogP contribution in [-0.4, -0.2) is 6.04 Å². The van der Waals surface area contributed by atoms with Gasteiger partial charge >= 0.3 is 0 Å². The number of rotatable bonds is 6. The van der Waals surface area contributed by atoms with Gasteiger partial charge in [0.05, 0.1) is 11.5 Å². The van der Waals surface area contributed by atoms with E-state index in [2.05, 4.69) is 207 Å². The number of allylic oxidation sites excluding steroid dienone is 5. The van der Waals surface area contributed by atoms with E-state index in [1.807, 2.05) is 0 Å². The molecule has 0 aromatic heterocycles. The number of para-hydroxylation sites is 2. The minimum atomic E-state index is -0.421. The number of fused-ring (bicyclic) bond motifs is 9. The fourth-order valence-corrected chi connectivity index (χ4v) is 9.71. The molecule has 10 rings (SSSR count). The third kappa shape index (κ3) is 4.93. The first-order valence-electron chi connectivity index (χ1n) is 19.4. The van der Waals surface area contributed by atoms with Crippen LogP contribution in [0.4, 0.5) is 22.7 Å². The number of nitrogens with zero attached hydrogens (tertiary/aromatic N) is 2. The van der Waals surface area contributed by atoms with Crippen molar-refractivity contribution in [3.05, 3.63) is 221 Å². The minimum absolute atomic E-state index is 0.147. The molecule has 2 atom stereocenters. The van der Waals surface area contributed by atoms with Crippen molar-refractivity contribution in [1.29, 1.82) is 0 Å². The Balaban J connectivity index is 1.19. The van der Waals surface area contributed by atoms with Crippen LogP contribution in [0.2, 0.25) is 0 Å². The highest BCUT2D eigenvalue weighted by molar-refractivity contribution is 5.98. The largest absolute Gasteiger partial charge is 0.335 e. The molecule has 4 aliphatic carbocycles. The molecule has 54 heavy (non-hydrogen) atoms. The molecule has 0 saturated carbocycles. The molecular formula is C52H44N2. The lowest BCUT2D eigenvalue weighted by molar-refractivity contribution is 0.639. The lowest BCUT2D eigenvalue weighted by Gasteiger charge is -2.40. The summed E-state index contributed by atoms with van der Waals surface area (Å²) < 4.78 is 0. The Kier molecular flexibility index (Phi) is 7.70. The number of hydrogen-bond donors (Lipinski definition) is 0. The van der Waals surface area contributed by atoms with Gasteiger partial charge in [0, 0.05) is 28.4 Å². The van der Waals surface area contributed by atoms with Crippen LogP contribution in [0.15, 0.2) is 193 Å². The molecule has 2 nitrogen and oxygen atoms in total. The highest BCUT2D eigenvalue weighted by Gasteiger charge is 2.53. The van der Waals surface area contributed by atoms with Crippen molar-refractivity contribution in [3.63, 3.8) is 0 Å². The van der Waals surface area contributed by atoms with Gasteiger partial charge in [-0.25, -0.2) is 0 Å². The molecule has 0 amide bonds. The summed E-state index contributed by atoms with van der Waals surface area (Å²) in [7, 11) is 0. The second-order valence-electron chi connectivity index (χ2n) is 15.5. The van der Waals surface area contributed by atoms with Gasteiger partial charge < -0.3 is 9.80 Å². The van der Waals surface area contributed by atoms with Crippen molar-refractivity contribution in [1.82, 2.24) is 0 Å². The molecule has 0 aliphatic heterocycles. The molecule has 0 fully saturated rings. The zero-order chi connectivity index (χ0) is 36.4. The second kappa shape index (κ2) is 12.8.